The van der Waals surface area contributed by atoms with E-state index in [9.17, 15) is 5.11 Å². The summed E-state index contributed by atoms with van der Waals surface area (Å²) in [6, 6.07) is 8.96. The molecule has 1 aromatic carbocycles. The van der Waals surface area contributed by atoms with Gasteiger partial charge in [0.25, 0.3) is 0 Å². The zero-order chi connectivity index (χ0) is 12.6. The van der Waals surface area contributed by atoms with Gasteiger partial charge in [0, 0.05) is 17.5 Å². The summed E-state index contributed by atoms with van der Waals surface area (Å²) in [6.07, 6.45) is 8.01. The molecule has 2 aliphatic rings. The predicted molar refractivity (Wildman–Crippen MR) is 73.8 cm³/mol. The molecule has 1 aromatic rings. The molecular weight excluding hydrogens is 222 g/mol. The molecule has 1 saturated carbocycles. The van der Waals surface area contributed by atoms with E-state index < -0.39 is 0 Å². The average molecular weight is 243 g/mol. The molecule has 2 fully saturated rings. The van der Waals surface area contributed by atoms with E-state index in [1.54, 1.807) is 6.07 Å². The predicted octanol–water partition coefficient (Wildman–Crippen LogP) is 3.12. The molecule has 0 amide bonds. The van der Waals surface area contributed by atoms with Crippen molar-refractivity contribution in [3.63, 3.8) is 0 Å². The summed E-state index contributed by atoms with van der Waals surface area (Å²) >= 11 is 0. The fourth-order valence-electron chi connectivity index (χ4n) is 3.95. The number of nitrogens with one attached hydrogen (secondary N) is 1. The lowest BCUT2D eigenvalue weighted by atomic mass is 9.66. The Kier molecular flexibility index (Phi) is 2.90. The third kappa shape index (κ3) is 1.76. The first-order chi connectivity index (χ1) is 8.74. The minimum atomic E-state index is 0.204. The Morgan fingerprint density at radius 1 is 1.50 bits per heavy atom. The molecule has 3 rings (SSSR count). The maximum atomic E-state index is 9.74. The van der Waals surface area contributed by atoms with E-state index in [0.29, 0.717) is 17.8 Å². The largest absolute Gasteiger partial charge is 0.508 e. The van der Waals surface area contributed by atoms with Gasteiger partial charge in [0.05, 0.1) is 0 Å². The Hall–Kier alpha value is -1.28. The highest BCUT2D eigenvalue weighted by molar-refractivity contribution is 5.37. The molecule has 18 heavy (non-hydrogen) atoms. The quantitative estimate of drug-likeness (QED) is 0.799. The van der Waals surface area contributed by atoms with Crippen LogP contribution in [-0.2, 0) is 5.41 Å². The molecule has 3 atom stereocenters. The molecule has 1 aliphatic heterocycles. The molecule has 2 bridgehead atoms. The average Bonchev–Trinajstić information content (AvgIpc) is 2.62. The molecule has 1 aliphatic carbocycles. The van der Waals surface area contributed by atoms with E-state index in [2.05, 4.69) is 18.0 Å². The van der Waals surface area contributed by atoms with E-state index in [1.807, 2.05) is 18.2 Å². The first-order valence-electron chi connectivity index (χ1n) is 6.91. The van der Waals surface area contributed by atoms with Gasteiger partial charge in [-0.2, -0.15) is 0 Å². The van der Waals surface area contributed by atoms with Crippen molar-refractivity contribution in [3.8, 4) is 5.75 Å². The molecule has 1 heterocycles. The normalized spacial score (nSPS) is 34.4. The van der Waals surface area contributed by atoms with Crippen molar-refractivity contribution in [2.75, 3.05) is 0 Å². The fourth-order valence-corrected chi connectivity index (χ4v) is 3.95. The minimum Gasteiger partial charge on any atom is -0.508 e. The van der Waals surface area contributed by atoms with Crippen molar-refractivity contribution in [2.45, 2.75) is 49.6 Å². The second kappa shape index (κ2) is 4.43. The number of rotatable bonds is 3. The van der Waals surface area contributed by atoms with Crippen molar-refractivity contribution < 1.29 is 5.11 Å². The summed E-state index contributed by atoms with van der Waals surface area (Å²) in [5.74, 6) is 0.383. The summed E-state index contributed by atoms with van der Waals surface area (Å²) in [5, 5.41) is 13.5. The molecule has 1 saturated heterocycles. The fraction of sp³-hybridized carbons (Fsp3) is 0.500. The minimum absolute atomic E-state index is 0.204. The number of phenols is 1. The van der Waals surface area contributed by atoms with E-state index in [0.717, 1.165) is 6.42 Å². The van der Waals surface area contributed by atoms with Gasteiger partial charge >= 0.3 is 0 Å². The molecule has 2 heteroatoms. The Morgan fingerprint density at radius 2 is 2.39 bits per heavy atom. The van der Waals surface area contributed by atoms with Crippen LogP contribution in [0.1, 0.15) is 37.7 Å². The highest BCUT2D eigenvalue weighted by atomic mass is 16.3. The number of fused-ring (bicyclic) bond motifs is 2. The summed E-state index contributed by atoms with van der Waals surface area (Å²) in [6.45, 7) is 3.89. The van der Waals surface area contributed by atoms with Gasteiger partial charge in [0.2, 0.25) is 0 Å². The van der Waals surface area contributed by atoms with Crippen LogP contribution in [0.25, 0.3) is 0 Å². The van der Waals surface area contributed by atoms with Crippen LogP contribution in [-0.4, -0.2) is 17.2 Å². The van der Waals surface area contributed by atoms with Crippen molar-refractivity contribution in [1.82, 2.24) is 5.32 Å². The van der Waals surface area contributed by atoms with Gasteiger partial charge in [0.1, 0.15) is 5.75 Å². The summed E-state index contributed by atoms with van der Waals surface area (Å²) in [4.78, 5) is 0. The zero-order valence-corrected chi connectivity index (χ0v) is 10.7. The van der Waals surface area contributed by atoms with Gasteiger partial charge < -0.3 is 10.4 Å². The number of phenolic OH excluding ortho intramolecular Hbond substituents is 1. The lowest BCUT2D eigenvalue weighted by Crippen LogP contribution is -2.39. The number of benzene rings is 1. The molecule has 2 N–H and O–H groups in total. The second-order valence-electron chi connectivity index (χ2n) is 5.74. The van der Waals surface area contributed by atoms with Crippen LogP contribution in [0.3, 0.4) is 0 Å². The van der Waals surface area contributed by atoms with Gasteiger partial charge in [-0.1, -0.05) is 24.6 Å². The van der Waals surface area contributed by atoms with E-state index in [1.165, 1.54) is 31.2 Å². The highest BCUT2D eigenvalue weighted by Gasteiger charge is 2.49. The number of hydrogen-bond donors (Lipinski definition) is 2. The summed E-state index contributed by atoms with van der Waals surface area (Å²) < 4.78 is 0. The maximum Gasteiger partial charge on any atom is 0.115 e. The lowest BCUT2D eigenvalue weighted by molar-refractivity contribution is 0.310. The Balaban J connectivity index is 2.01. The van der Waals surface area contributed by atoms with Gasteiger partial charge in [-0.05, 0) is 43.4 Å². The van der Waals surface area contributed by atoms with Crippen LogP contribution < -0.4 is 5.32 Å². The van der Waals surface area contributed by atoms with E-state index >= 15 is 0 Å². The monoisotopic (exact) mass is 243 g/mol. The third-order valence-corrected chi connectivity index (χ3v) is 4.71. The van der Waals surface area contributed by atoms with Crippen LogP contribution in [0.15, 0.2) is 36.9 Å². The number of hydrogen-bond acceptors (Lipinski definition) is 2. The summed E-state index contributed by atoms with van der Waals surface area (Å²) in [5.41, 5.74) is 1.50. The lowest BCUT2D eigenvalue weighted by Gasteiger charge is -2.37. The SMILES string of the molecule is C=CCC1NC2CCCC1(c1cccc(O)c1)C2. The molecular formula is C16H21NO. The van der Waals surface area contributed by atoms with Gasteiger partial charge in [-0.3, -0.25) is 0 Å². The van der Waals surface area contributed by atoms with Crippen LogP contribution in [0.4, 0.5) is 0 Å². The molecule has 96 valence electrons. The van der Waals surface area contributed by atoms with Crippen LogP contribution in [0, 0.1) is 0 Å². The second-order valence-corrected chi connectivity index (χ2v) is 5.74. The third-order valence-electron chi connectivity index (χ3n) is 4.71. The maximum absolute atomic E-state index is 9.74. The molecule has 3 unspecified atom stereocenters. The van der Waals surface area contributed by atoms with Crippen molar-refractivity contribution in [2.24, 2.45) is 0 Å². The molecule has 2 nitrogen and oxygen atoms in total. The Bertz CT molecular complexity index is 456. The first kappa shape index (κ1) is 11.8. The van der Waals surface area contributed by atoms with E-state index in [4.69, 9.17) is 0 Å². The Labute approximate surface area is 109 Å². The topological polar surface area (TPSA) is 32.3 Å². The molecule has 0 spiro atoms. The molecule has 0 radical (unpaired) electrons. The van der Waals surface area contributed by atoms with Crippen LogP contribution >= 0.6 is 0 Å². The smallest absolute Gasteiger partial charge is 0.115 e. The zero-order valence-electron chi connectivity index (χ0n) is 10.7. The van der Waals surface area contributed by atoms with Crippen molar-refractivity contribution in [1.29, 1.82) is 0 Å². The van der Waals surface area contributed by atoms with Gasteiger partial charge in [-0.25, -0.2) is 0 Å². The Morgan fingerprint density at radius 3 is 3.17 bits per heavy atom. The van der Waals surface area contributed by atoms with Crippen LogP contribution in [0.5, 0.6) is 5.75 Å². The van der Waals surface area contributed by atoms with Crippen LogP contribution in [0.2, 0.25) is 0 Å². The summed E-state index contributed by atoms with van der Waals surface area (Å²) in [7, 11) is 0. The molecule has 0 aromatic heterocycles. The highest BCUT2D eigenvalue weighted by Crippen LogP contribution is 2.48. The van der Waals surface area contributed by atoms with Gasteiger partial charge in [-0.15, -0.1) is 6.58 Å². The van der Waals surface area contributed by atoms with Gasteiger partial charge in [0.15, 0.2) is 0 Å². The van der Waals surface area contributed by atoms with Crippen molar-refractivity contribution in [3.05, 3.63) is 42.5 Å². The number of aromatic hydroxyl groups is 1. The van der Waals surface area contributed by atoms with E-state index in [-0.39, 0.29) is 5.41 Å². The first-order valence-corrected chi connectivity index (χ1v) is 6.91. The standard InChI is InChI=1S/C16H21NO/c1-2-5-15-16(9-4-7-13(11-16)17-15)12-6-3-8-14(18)10-12/h2-3,6,8,10,13,15,17-18H,1,4-5,7,9,11H2. The van der Waals surface area contributed by atoms with Crippen molar-refractivity contribution >= 4 is 0 Å².